The third kappa shape index (κ3) is 2.38. The molecule has 2 aliphatic heterocycles. The van der Waals surface area contributed by atoms with Gasteiger partial charge in [-0.25, -0.2) is 14.4 Å². The van der Waals surface area contributed by atoms with E-state index in [9.17, 15) is 9.18 Å². The molecule has 24 heavy (non-hydrogen) atoms. The van der Waals surface area contributed by atoms with Gasteiger partial charge in [0.1, 0.15) is 11.6 Å². The van der Waals surface area contributed by atoms with E-state index in [0.29, 0.717) is 6.42 Å². The third-order valence-electron chi connectivity index (χ3n) is 5.03. The van der Waals surface area contributed by atoms with Crippen LogP contribution < -0.4 is 4.90 Å². The van der Waals surface area contributed by atoms with Gasteiger partial charge in [0.05, 0.1) is 11.7 Å². The summed E-state index contributed by atoms with van der Waals surface area (Å²) in [6, 6.07) is 6.20. The highest BCUT2D eigenvalue weighted by molar-refractivity contribution is 6.28. The van der Waals surface area contributed by atoms with E-state index in [1.165, 1.54) is 12.1 Å². The summed E-state index contributed by atoms with van der Waals surface area (Å²) in [5, 5.41) is 0.226. The number of hydrogen-bond acceptors (Lipinski definition) is 4. The lowest BCUT2D eigenvalue weighted by molar-refractivity contribution is -0.120. The highest BCUT2D eigenvalue weighted by Crippen LogP contribution is 2.42. The Morgan fingerprint density at radius 2 is 2.04 bits per heavy atom. The van der Waals surface area contributed by atoms with Crippen molar-refractivity contribution < 1.29 is 9.18 Å². The highest BCUT2D eigenvalue weighted by atomic mass is 35.5. The minimum absolute atomic E-state index is 0.0602. The average Bonchev–Trinajstić information content (AvgIpc) is 3.02. The van der Waals surface area contributed by atoms with Gasteiger partial charge in [0.15, 0.2) is 5.78 Å². The summed E-state index contributed by atoms with van der Waals surface area (Å²) >= 11 is 6.08. The van der Waals surface area contributed by atoms with Crippen molar-refractivity contribution in [2.45, 2.75) is 38.1 Å². The van der Waals surface area contributed by atoms with Crippen molar-refractivity contribution >= 4 is 23.2 Å². The first kappa shape index (κ1) is 15.5. The summed E-state index contributed by atoms with van der Waals surface area (Å²) in [6.07, 6.45) is 1.90. The largest absolute Gasteiger partial charge is 0.346 e. The van der Waals surface area contributed by atoms with Crippen LogP contribution in [0.4, 0.5) is 10.2 Å². The van der Waals surface area contributed by atoms with Crippen molar-refractivity contribution in [1.29, 1.82) is 0 Å². The molecule has 1 fully saturated rings. The van der Waals surface area contributed by atoms with Crippen molar-refractivity contribution in [3.63, 3.8) is 0 Å². The van der Waals surface area contributed by atoms with Gasteiger partial charge in [-0.2, -0.15) is 0 Å². The number of rotatable bonds is 2. The standard InChI is InChI=1S/C18H17ClFN3O/c1-2-14-13-9-15(24)16-12(10-3-5-11(20)6-4-10)7-8-23(16)17(13)22-18(19)21-14/h3-6,12,16H,2,7-9H2,1H3/t12-,16+/m0/s1. The topological polar surface area (TPSA) is 46.1 Å². The van der Waals surface area contributed by atoms with E-state index >= 15 is 0 Å². The fourth-order valence-corrected chi connectivity index (χ4v) is 4.15. The number of carbonyl (C=O) groups excluding carboxylic acids is 1. The van der Waals surface area contributed by atoms with Gasteiger partial charge in [-0.3, -0.25) is 4.79 Å². The Hall–Kier alpha value is -2.01. The first-order valence-corrected chi connectivity index (χ1v) is 8.56. The van der Waals surface area contributed by atoms with E-state index in [1.807, 2.05) is 6.92 Å². The molecule has 4 rings (SSSR count). The van der Waals surface area contributed by atoms with Crippen molar-refractivity contribution in [2.75, 3.05) is 11.4 Å². The predicted molar refractivity (Wildman–Crippen MR) is 90.0 cm³/mol. The molecule has 6 heteroatoms. The van der Waals surface area contributed by atoms with E-state index in [4.69, 9.17) is 11.6 Å². The zero-order chi connectivity index (χ0) is 16.8. The molecule has 0 saturated carbocycles. The molecule has 2 aromatic rings. The summed E-state index contributed by atoms with van der Waals surface area (Å²) in [7, 11) is 0. The first-order valence-electron chi connectivity index (χ1n) is 8.18. The van der Waals surface area contributed by atoms with Crippen LogP contribution in [0, 0.1) is 5.82 Å². The van der Waals surface area contributed by atoms with Crippen LogP contribution in [0.3, 0.4) is 0 Å². The van der Waals surface area contributed by atoms with Gasteiger partial charge in [0, 0.05) is 24.4 Å². The molecule has 2 atom stereocenters. The van der Waals surface area contributed by atoms with Crippen molar-refractivity contribution in [3.05, 3.63) is 52.2 Å². The maximum absolute atomic E-state index is 13.2. The van der Waals surface area contributed by atoms with E-state index in [-0.39, 0.29) is 28.8 Å². The van der Waals surface area contributed by atoms with Crippen LogP contribution in [-0.2, 0) is 17.6 Å². The van der Waals surface area contributed by atoms with E-state index in [2.05, 4.69) is 14.9 Å². The van der Waals surface area contributed by atoms with Gasteiger partial charge in [0.25, 0.3) is 0 Å². The van der Waals surface area contributed by atoms with Crippen molar-refractivity contribution in [3.8, 4) is 0 Å². The molecule has 0 amide bonds. The number of ketones is 1. The van der Waals surface area contributed by atoms with Crippen LogP contribution in [0.15, 0.2) is 24.3 Å². The van der Waals surface area contributed by atoms with E-state index in [0.717, 1.165) is 42.0 Å². The third-order valence-corrected chi connectivity index (χ3v) is 5.20. The fraction of sp³-hybridized carbons (Fsp3) is 0.389. The molecule has 0 unspecified atom stereocenters. The molecule has 1 saturated heterocycles. The SMILES string of the molecule is CCc1nc(Cl)nc2c1CC(=O)[C@H]1[C@H](c3ccc(F)cc3)CCN21. The van der Waals surface area contributed by atoms with Crippen LogP contribution >= 0.6 is 11.6 Å². The average molecular weight is 346 g/mol. The second-order valence-electron chi connectivity index (χ2n) is 6.32. The van der Waals surface area contributed by atoms with Gasteiger partial charge >= 0.3 is 0 Å². The summed E-state index contributed by atoms with van der Waals surface area (Å²) in [6.45, 7) is 2.74. The monoisotopic (exact) mass is 345 g/mol. The summed E-state index contributed by atoms with van der Waals surface area (Å²) in [5.74, 6) is 0.766. The fourth-order valence-electron chi connectivity index (χ4n) is 3.96. The van der Waals surface area contributed by atoms with Crippen LogP contribution in [-0.4, -0.2) is 28.3 Å². The summed E-state index contributed by atoms with van der Waals surface area (Å²) in [5.41, 5.74) is 2.75. The Morgan fingerprint density at radius 1 is 1.29 bits per heavy atom. The Kier molecular flexibility index (Phi) is 3.76. The quantitative estimate of drug-likeness (QED) is 0.783. The maximum Gasteiger partial charge on any atom is 0.224 e. The number of fused-ring (bicyclic) bond motifs is 3. The van der Waals surface area contributed by atoms with Gasteiger partial charge < -0.3 is 4.90 Å². The van der Waals surface area contributed by atoms with E-state index in [1.54, 1.807) is 12.1 Å². The van der Waals surface area contributed by atoms with Gasteiger partial charge in [-0.15, -0.1) is 0 Å². The first-order chi connectivity index (χ1) is 11.6. The lowest BCUT2D eigenvalue weighted by atomic mass is 9.85. The molecule has 0 aliphatic carbocycles. The van der Waals surface area contributed by atoms with Crippen molar-refractivity contribution in [1.82, 2.24) is 9.97 Å². The molecule has 0 bridgehead atoms. The lowest BCUT2D eigenvalue weighted by Crippen LogP contribution is -2.45. The minimum atomic E-state index is -0.263. The zero-order valence-electron chi connectivity index (χ0n) is 13.3. The summed E-state index contributed by atoms with van der Waals surface area (Å²) < 4.78 is 13.2. The molecular formula is C18H17ClFN3O. The van der Waals surface area contributed by atoms with Gasteiger partial charge in [-0.05, 0) is 42.1 Å². The number of halogens is 2. The number of nitrogens with zero attached hydrogens (tertiary/aromatic N) is 3. The second kappa shape index (κ2) is 5.81. The van der Waals surface area contributed by atoms with Crippen LogP contribution in [0.5, 0.6) is 0 Å². The van der Waals surface area contributed by atoms with Gasteiger partial charge in [-0.1, -0.05) is 19.1 Å². The summed E-state index contributed by atoms with van der Waals surface area (Å²) in [4.78, 5) is 23.6. The number of Topliss-reactive ketones (excluding diaryl/α,β-unsaturated/α-hetero) is 1. The number of hydrogen-bond donors (Lipinski definition) is 0. The smallest absolute Gasteiger partial charge is 0.224 e. The van der Waals surface area contributed by atoms with Crippen LogP contribution in [0.1, 0.15) is 36.1 Å². The Balaban J connectivity index is 1.76. The molecule has 0 N–H and O–H groups in total. The maximum atomic E-state index is 13.2. The highest BCUT2D eigenvalue weighted by Gasteiger charge is 2.45. The molecule has 1 aromatic carbocycles. The number of aryl methyl sites for hydroxylation is 1. The normalized spacial score (nSPS) is 22.5. The van der Waals surface area contributed by atoms with E-state index < -0.39 is 0 Å². The molecule has 124 valence electrons. The van der Waals surface area contributed by atoms with Gasteiger partial charge in [0.2, 0.25) is 5.28 Å². The predicted octanol–water partition coefficient (Wildman–Crippen LogP) is 3.32. The molecular weight excluding hydrogens is 329 g/mol. The Morgan fingerprint density at radius 3 is 2.75 bits per heavy atom. The molecule has 4 nitrogen and oxygen atoms in total. The minimum Gasteiger partial charge on any atom is -0.346 e. The number of anilines is 1. The Labute approximate surface area is 144 Å². The molecule has 1 aromatic heterocycles. The second-order valence-corrected chi connectivity index (χ2v) is 6.66. The van der Waals surface area contributed by atoms with Crippen LogP contribution in [0.25, 0.3) is 0 Å². The molecule has 2 aliphatic rings. The van der Waals surface area contributed by atoms with Crippen molar-refractivity contribution in [2.24, 2.45) is 0 Å². The molecule has 0 radical (unpaired) electrons. The number of aromatic nitrogens is 2. The molecule has 0 spiro atoms. The Bertz CT molecular complexity index is 809. The molecule has 3 heterocycles. The zero-order valence-corrected chi connectivity index (χ0v) is 14.1. The van der Waals surface area contributed by atoms with Crippen LogP contribution in [0.2, 0.25) is 5.28 Å². The lowest BCUT2D eigenvalue weighted by Gasteiger charge is -2.34. The number of benzene rings is 1. The number of carbonyl (C=O) groups is 1.